The molecule has 0 atom stereocenters. The second-order valence-electron chi connectivity index (χ2n) is 3.05. The number of hydrogen-bond acceptors (Lipinski definition) is 7. The third-order valence-electron chi connectivity index (χ3n) is 2.11. The number of hydrogen-bond donors (Lipinski definition) is 2. The third-order valence-corrected chi connectivity index (χ3v) is 3.69. The Bertz CT molecular complexity index is 616. The molecule has 3 aromatic rings. The Labute approximate surface area is 99.0 Å². The number of aromatic nitrogens is 3. The van der Waals surface area contributed by atoms with Crippen molar-refractivity contribution >= 4 is 38.7 Å². The molecule has 0 bridgehead atoms. The quantitative estimate of drug-likeness (QED) is 0.537. The Morgan fingerprint density at radius 1 is 1.25 bits per heavy atom. The van der Waals surface area contributed by atoms with Crippen LogP contribution in [0.15, 0.2) is 23.2 Å². The molecule has 0 amide bonds. The zero-order valence-electron chi connectivity index (χ0n) is 8.04. The minimum absolute atomic E-state index is 0.648. The van der Waals surface area contributed by atoms with E-state index in [1.165, 1.54) is 11.3 Å². The van der Waals surface area contributed by atoms with Crippen LogP contribution in [-0.4, -0.2) is 15.0 Å². The van der Waals surface area contributed by atoms with Crippen molar-refractivity contribution in [3.63, 3.8) is 0 Å². The molecular weight excluding hydrogens is 242 g/mol. The van der Waals surface area contributed by atoms with E-state index in [0.29, 0.717) is 11.6 Å². The molecule has 80 valence electrons. The molecule has 0 saturated heterocycles. The Balaban J connectivity index is 2.27. The average Bonchev–Trinajstić information content (AvgIpc) is 2.97. The molecule has 0 aliphatic rings. The lowest BCUT2D eigenvalue weighted by Gasteiger charge is -2.02. The zero-order chi connectivity index (χ0) is 11.0. The highest BCUT2D eigenvalue weighted by atomic mass is 32.1. The maximum atomic E-state index is 5.45. The maximum absolute atomic E-state index is 5.45. The lowest BCUT2D eigenvalue weighted by Crippen LogP contribution is -2.09. The van der Waals surface area contributed by atoms with Gasteiger partial charge in [0.05, 0.1) is 15.8 Å². The van der Waals surface area contributed by atoms with E-state index in [2.05, 4.69) is 20.4 Å². The summed E-state index contributed by atoms with van der Waals surface area (Å²) in [5.41, 5.74) is 4.35. The first-order valence-electron chi connectivity index (χ1n) is 4.49. The highest BCUT2D eigenvalue weighted by molar-refractivity contribution is 7.16. The average molecular weight is 249 g/mol. The number of fused-ring (bicyclic) bond motifs is 1. The maximum Gasteiger partial charge on any atom is 0.174 e. The SMILES string of the molecule is NNc1nc(-c2cncs2)nc2sccc12. The van der Waals surface area contributed by atoms with Gasteiger partial charge in [0.15, 0.2) is 11.6 Å². The summed E-state index contributed by atoms with van der Waals surface area (Å²) in [6.45, 7) is 0. The molecule has 16 heavy (non-hydrogen) atoms. The Morgan fingerprint density at radius 3 is 2.94 bits per heavy atom. The molecule has 5 nitrogen and oxygen atoms in total. The van der Waals surface area contributed by atoms with E-state index in [4.69, 9.17) is 5.84 Å². The number of nitrogens with two attached hydrogens (primary N) is 1. The van der Waals surface area contributed by atoms with Crippen LogP contribution in [0.4, 0.5) is 5.82 Å². The van der Waals surface area contributed by atoms with Crippen LogP contribution in [0.3, 0.4) is 0 Å². The molecule has 3 rings (SSSR count). The van der Waals surface area contributed by atoms with E-state index in [1.54, 1.807) is 23.0 Å². The van der Waals surface area contributed by atoms with Crippen molar-refractivity contribution in [2.24, 2.45) is 5.84 Å². The first-order chi connectivity index (χ1) is 7.88. The summed E-state index contributed by atoms with van der Waals surface area (Å²) in [5, 5.41) is 2.91. The van der Waals surface area contributed by atoms with Crippen molar-refractivity contribution in [1.82, 2.24) is 15.0 Å². The predicted octanol–water partition coefficient (Wildman–Crippen LogP) is 2.10. The standard InChI is InChI=1S/C9H7N5S2/c10-14-7-5-1-2-15-9(5)13-8(12-7)6-3-11-4-16-6/h1-4H,10H2,(H,12,13,14). The largest absolute Gasteiger partial charge is 0.308 e. The number of thiophene rings is 1. The van der Waals surface area contributed by atoms with Gasteiger partial charge in [-0.3, -0.25) is 4.98 Å². The van der Waals surface area contributed by atoms with Crippen LogP contribution in [0.5, 0.6) is 0 Å². The van der Waals surface area contributed by atoms with E-state index < -0.39 is 0 Å². The highest BCUT2D eigenvalue weighted by Gasteiger charge is 2.10. The molecule has 3 N–H and O–H groups in total. The Hall–Kier alpha value is -1.57. The minimum Gasteiger partial charge on any atom is -0.308 e. The molecule has 0 aliphatic heterocycles. The smallest absolute Gasteiger partial charge is 0.174 e. The first kappa shape index (κ1) is 9.64. The molecule has 0 fully saturated rings. The lowest BCUT2D eigenvalue weighted by atomic mass is 10.3. The zero-order valence-corrected chi connectivity index (χ0v) is 9.68. The van der Waals surface area contributed by atoms with E-state index >= 15 is 0 Å². The van der Waals surface area contributed by atoms with Crippen LogP contribution in [0.25, 0.3) is 20.9 Å². The fourth-order valence-electron chi connectivity index (χ4n) is 1.40. The van der Waals surface area contributed by atoms with Gasteiger partial charge in [-0.1, -0.05) is 0 Å². The molecule has 0 spiro atoms. The van der Waals surface area contributed by atoms with Crippen LogP contribution >= 0.6 is 22.7 Å². The number of nitrogens with one attached hydrogen (secondary N) is 1. The van der Waals surface area contributed by atoms with Crippen molar-refractivity contribution in [3.05, 3.63) is 23.2 Å². The number of hydrazine groups is 1. The van der Waals surface area contributed by atoms with Gasteiger partial charge in [0.2, 0.25) is 0 Å². The topological polar surface area (TPSA) is 76.7 Å². The van der Waals surface area contributed by atoms with E-state index in [1.807, 2.05) is 11.4 Å². The summed E-state index contributed by atoms with van der Waals surface area (Å²) in [6, 6.07) is 1.95. The normalized spacial score (nSPS) is 10.8. The van der Waals surface area contributed by atoms with Crippen LogP contribution in [0.2, 0.25) is 0 Å². The van der Waals surface area contributed by atoms with Gasteiger partial charge in [-0.25, -0.2) is 15.8 Å². The molecule has 0 aromatic carbocycles. The van der Waals surface area contributed by atoms with Crippen LogP contribution in [-0.2, 0) is 0 Å². The summed E-state index contributed by atoms with van der Waals surface area (Å²) < 4.78 is 0. The lowest BCUT2D eigenvalue weighted by molar-refractivity contribution is 1.20. The molecule has 0 unspecified atom stereocenters. The van der Waals surface area contributed by atoms with Gasteiger partial charge in [0.1, 0.15) is 4.83 Å². The third kappa shape index (κ3) is 1.45. The summed E-state index contributed by atoms with van der Waals surface area (Å²) in [7, 11) is 0. The monoisotopic (exact) mass is 249 g/mol. The van der Waals surface area contributed by atoms with Crippen molar-refractivity contribution in [2.45, 2.75) is 0 Å². The van der Waals surface area contributed by atoms with Gasteiger partial charge in [-0.2, -0.15) is 0 Å². The predicted molar refractivity (Wildman–Crippen MR) is 66.3 cm³/mol. The molecule has 0 aliphatic carbocycles. The van der Waals surface area contributed by atoms with Gasteiger partial charge >= 0.3 is 0 Å². The van der Waals surface area contributed by atoms with Gasteiger partial charge in [0, 0.05) is 6.20 Å². The van der Waals surface area contributed by atoms with Gasteiger partial charge < -0.3 is 5.43 Å². The fraction of sp³-hybridized carbons (Fsp3) is 0. The molecule has 0 radical (unpaired) electrons. The van der Waals surface area contributed by atoms with Crippen molar-refractivity contribution in [1.29, 1.82) is 0 Å². The van der Waals surface area contributed by atoms with Crippen LogP contribution in [0.1, 0.15) is 0 Å². The van der Waals surface area contributed by atoms with Gasteiger partial charge in [-0.05, 0) is 11.4 Å². The Morgan fingerprint density at radius 2 is 2.19 bits per heavy atom. The molecular formula is C9H7N5S2. The number of rotatable bonds is 2. The number of anilines is 1. The number of nitrogens with zero attached hydrogens (tertiary/aromatic N) is 3. The summed E-state index contributed by atoms with van der Waals surface area (Å²) in [6.07, 6.45) is 1.75. The first-order valence-corrected chi connectivity index (χ1v) is 6.25. The Kier molecular flexibility index (Phi) is 2.28. The van der Waals surface area contributed by atoms with Crippen molar-refractivity contribution < 1.29 is 0 Å². The molecule has 7 heteroatoms. The number of nitrogen functional groups attached to an aromatic ring is 1. The highest BCUT2D eigenvalue weighted by Crippen LogP contribution is 2.28. The second kappa shape index (κ2) is 3.78. The molecule has 0 saturated carbocycles. The summed E-state index contributed by atoms with van der Waals surface area (Å²) in [5.74, 6) is 6.76. The summed E-state index contributed by atoms with van der Waals surface area (Å²) in [4.78, 5) is 14.7. The van der Waals surface area contributed by atoms with Crippen LogP contribution < -0.4 is 11.3 Å². The van der Waals surface area contributed by atoms with E-state index in [-0.39, 0.29) is 0 Å². The molecule has 3 aromatic heterocycles. The number of thiazole rings is 1. The summed E-state index contributed by atoms with van der Waals surface area (Å²) >= 11 is 3.07. The van der Waals surface area contributed by atoms with Crippen molar-refractivity contribution in [3.8, 4) is 10.7 Å². The van der Waals surface area contributed by atoms with E-state index in [9.17, 15) is 0 Å². The van der Waals surface area contributed by atoms with Crippen LogP contribution in [0, 0.1) is 0 Å². The minimum atomic E-state index is 0.648. The molecule has 3 heterocycles. The van der Waals surface area contributed by atoms with Gasteiger partial charge in [0.25, 0.3) is 0 Å². The van der Waals surface area contributed by atoms with Gasteiger partial charge in [-0.15, -0.1) is 22.7 Å². The second-order valence-corrected chi connectivity index (χ2v) is 4.83. The fourth-order valence-corrected chi connectivity index (χ4v) is 2.72. The van der Waals surface area contributed by atoms with Crippen molar-refractivity contribution in [2.75, 3.05) is 5.43 Å². The van der Waals surface area contributed by atoms with E-state index in [0.717, 1.165) is 15.1 Å².